The van der Waals surface area contributed by atoms with Gasteiger partial charge in [-0.05, 0) is 17.7 Å². The van der Waals surface area contributed by atoms with Crippen molar-refractivity contribution in [2.45, 2.75) is 18.6 Å². The molecule has 4 heterocycles. The molecule has 0 bridgehead atoms. The van der Waals surface area contributed by atoms with Crippen LogP contribution >= 0.6 is 0 Å². The van der Waals surface area contributed by atoms with Crippen molar-refractivity contribution in [2.24, 2.45) is 7.05 Å². The molecule has 0 saturated carbocycles. The Morgan fingerprint density at radius 1 is 1.09 bits per heavy atom. The van der Waals surface area contributed by atoms with E-state index in [1.165, 1.54) is 10.7 Å². The van der Waals surface area contributed by atoms with E-state index in [9.17, 15) is 18.4 Å². The molecule has 1 atom stereocenters. The van der Waals surface area contributed by atoms with Crippen LogP contribution in [-0.2, 0) is 13.2 Å². The predicted molar refractivity (Wildman–Crippen MR) is 116 cm³/mol. The number of aromatic nitrogens is 7. The predicted octanol–water partition coefficient (Wildman–Crippen LogP) is 4.52. The van der Waals surface area contributed by atoms with Gasteiger partial charge in [-0.2, -0.15) is 28.6 Å². The quantitative estimate of drug-likeness (QED) is 0.383. The Kier molecular flexibility index (Phi) is 5.13. The van der Waals surface area contributed by atoms with E-state index in [0.717, 1.165) is 17.7 Å². The summed E-state index contributed by atoms with van der Waals surface area (Å²) in [5.41, 5.74) is 2.35. The summed E-state index contributed by atoms with van der Waals surface area (Å²) in [5, 5.41) is 17.9. The van der Waals surface area contributed by atoms with Crippen LogP contribution in [0.3, 0.4) is 0 Å². The topological polar surface area (TPSA) is 89.6 Å². The van der Waals surface area contributed by atoms with Crippen LogP contribution in [0.4, 0.5) is 13.2 Å². The monoisotopic (exact) mass is 462 g/mol. The van der Waals surface area contributed by atoms with Crippen molar-refractivity contribution in [3.8, 4) is 28.7 Å². The molecule has 1 unspecified atom stereocenters. The van der Waals surface area contributed by atoms with E-state index in [-0.39, 0.29) is 6.42 Å². The SMILES string of the molecule is Cn1cc(-c2cc3nccn3c(-c3cnn(C(CC#N)c4cccc(C(F)(F)F)c4)c3)n2)cn1. The zero-order valence-corrected chi connectivity index (χ0v) is 17.8. The van der Waals surface area contributed by atoms with Crippen molar-refractivity contribution in [1.82, 2.24) is 33.9 Å². The second-order valence-electron chi connectivity index (χ2n) is 7.73. The first-order valence-electron chi connectivity index (χ1n) is 10.3. The molecule has 170 valence electrons. The third-order valence-electron chi connectivity index (χ3n) is 5.45. The maximum absolute atomic E-state index is 13.2. The molecule has 0 fully saturated rings. The summed E-state index contributed by atoms with van der Waals surface area (Å²) in [7, 11) is 1.81. The van der Waals surface area contributed by atoms with E-state index < -0.39 is 17.8 Å². The normalized spacial score (nSPS) is 12.7. The highest BCUT2D eigenvalue weighted by Crippen LogP contribution is 2.33. The summed E-state index contributed by atoms with van der Waals surface area (Å²) in [6, 6.07) is 8.15. The maximum atomic E-state index is 13.2. The Morgan fingerprint density at radius 3 is 2.65 bits per heavy atom. The molecular formula is C23H17F3N8. The molecule has 0 amide bonds. The van der Waals surface area contributed by atoms with Crippen LogP contribution in [0.15, 0.2) is 67.5 Å². The summed E-state index contributed by atoms with van der Waals surface area (Å²) < 4.78 is 44.7. The Bertz CT molecular complexity index is 1520. The lowest BCUT2D eigenvalue weighted by Crippen LogP contribution is -2.13. The van der Waals surface area contributed by atoms with Crippen LogP contribution in [0, 0.1) is 11.3 Å². The summed E-state index contributed by atoms with van der Waals surface area (Å²) >= 11 is 0. The Balaban J connectivity index is 1.58. The summed E-state index contributed by atoms with van der Waals surface area (Å²) in [5.74, 6) is 0.555. The van der Waals surface area contributed by atoms with Gasteiger partial charge in [0.15, 0.2) is 0 Å². The first-order valence-corrected chi connectivity index (χ1v) is 10.3. The molecule has 4 aromatic heterocycles. The van der Waals surface area contributed by atoms with Crippen molar-refractivity contribution >= 4 is 5.65 Å². The maximum Gasteiger partial charge on any atom is 0.416 e. The lowest BCUT2D eigenvalue weighted by Gasteiger charge is -2.17. The van der Waals surface area contributed by atoms with Gasteiger partial charge >= 0.3 is 6.18 Å². The number of rotatable bonds is 5. The third kappa shape index (κ3) is 3.90. The fraction of sp³-hybridized carbons (Fsp3) is 0.174. The van der Waals surface area contributed by atoms with Crippen LogP contribution in [0.5, 0.6) is 0 Å². The van der Waals surface area contributed by atoms with Crippen LogP contribution in [0.1, 0.15) is 23.6 Å². The van der Waals surface area contributed by atoms with E-state index in [4.69, 9.17) is 4.98 Å². The summed E-state index contributed by atoms with van der Waals surface area (Å²) in [6.45, 7) is 0. The highest BCUT2D eigenvalue weighted by molar-refractivity contribution is 5.68. The number of halogens is 3. The van der Waals surface area contributed by atoms with E-state index in [1.54, 1.807) is 46.1 Å². The highest BCUT2D eigenvalue weighted by atomic mass is 19.4. The Morgan fingerprint density at radius 2 is 1.91 bits per heavy atom. The third-order valence-corrected chi connectivity index (χ3v) is 5.45. The second kappa shape index (κ2) is 8.15. The zero-order chi connectivity index (χ0) is 23.9. The minimum Gasteiger partial charge on any atom is -0.284 e. The average molecular weight is 462 g/mol. The standard InChI is InChI=1S/C23H17F3N8/c1-32-13-16(11-29-32)19-10-21-28-7-8-33(21)22(31-19)17-12-30-34(14-17)20(5-6-27)15-3-2-4-18(9-15)23(24,25)26/h2-4,7-14,20H,5H2,1H3. The summed E-state index contributed by atoms with van der Waals surface area (Å²) in [4.78, 5) is 9.14. The highest BCUT2D eigenvalue weighted by Gasteiger charge is 2.31. The molecule has 0 N–H and O–H groups in total. The minimum absolute atomic E-state index is 0.0495. The molecule has 11 heteroatoms. The van der Waals surface area contributed by atoms with Crippen LogP contribution in [0.2, 0.25) is 0 Å². The second-order valence-corrected chi connectivity index (χ2v) is 7.73. The molecule has 0 saturated heterocycles. The van der Waals surface area contributed by atoms with Gasteiger partial charge in [0.2, 0.25) is 0 Å². The molecule has 5 rings (SSSR count). The molecule has 0 aliphatic carbocycles. The number of aryl methyl sites for hydroxylation is 1. The smallest absolute Gasteiger partial charge is 0.284 e. The molecule has 1 aromatic carbocycles. The fourth-order valence-electron chi connectivity index (χ4n) is 3.83. The zero-order valence-electron chi connectivity index (χ0n) is 17.8. The minimum atomic E-state index is -4.48. The van der Waals surface area contributed by atoms with E-state index in [1.807, 2.05) is 25.4 Å². The van der Waals surface area contributed by atoms with Crippen LogP contribution in [-0.4, -0.2) is 33.9 Å². The lowest BCUT2D eigenvalue weighted by atomic mass is 10.0. The van der Waals surface area contributed by atoms with Gasteiger partial charge in [-0.1, -0.05) is 12.1 Å². The van der Waals surface area contributed by atoms with E-state index >= 15 is 0 Å². The number of imidazole rings is 1. The number of nitrogens with zero attached hydrogens (tertiary/aromatic N) is 8. The largest absolute Gasteiger partial charge is 0.416 e. The summed E-state index contributed by atoms with van der Waals surface area (Å²) in [6.07, 6.45) is 5.68. The molecule has 5 aromatic rings. The van der Waals surface area contributed by atoms with Crippen molar-refractivity contribution in [3.63, 3.8) is 0 Å². The molecular weight excluding hydrogens is 445 g/mol. The average Bonchev–Trinajstić information content (AvgIpc) is 3.57. The molecule has 34 heavy (non-hydrogen) atoms. The molecule has 0 spiro atoms. The van der Waals surface area contributed by atoms with Crippen molar-refractivity contribution < 1.29 is 13.2 Å². The molecule has 0 aliphatic rings. The van der Waals surface area contributed by atoms with Crippen molar-refractivity contribution in [2.75, 3.05) is 0 Å². The molecule has 8 nitrogen and oxygen atoms in total. The number of hydrogen-bond acceptors (Lipinski definition) is 5. The van der Waals surface area contributed by atoms with Gasteiger partial charge in [0, 0.05) is 43.5 Å². The number of hydrogen-bond donors (Lipinski definition) is 0. The van der Waals surface area contributed by atoms with Gasteiger partial charge in [0.25, 0.3) is 0 Å². The van der Waals surface area contributed by atoms with E-state index in [0.29, 0.717) is 28.3 Å². The van der Waals surface area contributed by atoms with Gasteiger partial charge in [0.05, 0.1) is 47.7 Å². The van der Waals surface area contributed by atoms with Gasteiger partial charge in [-0.15, -0.1) is 0 Å². The van der Waals surface area contributed by atoms with Gasteiger partial charge in [-0.25, -0.2) is 9.97 Å². The van der Waals surface area contributed by atoms with Gasteiger partial charge in [0.1, 0.15) is 11.5 Å². The Hall–Kier alpha value is -4.46. The van der Waals surface area contributed by atoms with Crippen molar-refractivity contribution in [3.05, 3.63) is 78.6 Å². The number of nitriles is 1. The van der Waals surface area contributed by atoms with E-state index in [2.05, 4.69) is 15.2 Å². The van der Waals surface area contributed by atoms with Gasteiger partial charge in [-0.3, -0.25) is 13.8 Å². The van der Waals surface area contributed by atoms with Crippen molar-refractivity contribution in [1.29, 1.82) is 5.26 Å². The number of benzene rings is 1. The molecule has 0 radical (unpaired) electrons. The Labute approximate surface area is 191 Å². The first-order chi connectivity index (χ1) is 16.3. The molecule has 0 aliphatic heterocycles. The number of fused-ring (bicyclic) bond motifs is 1. The van der Waals surface area contributed by atoms with Crippen LogP contribution in [0.25, 0.3) is 28.3 Å². The lowest BCUT2D eigenvalue weighted by molar-refractivity contribution is -0.137. The number of alkyl halides is 3. The van der Waals surface area contributed by atoms with Crippen LogP contribution < -0.4 is 0 Å². The first kappa shape index (κ1) is 21.4. The fourth-order valence-corrected chi connectivity index (χ4v) is 3.83. The van der Waals surface area contributed by atoms with Gasteiger partial charge < -0.3 is 0 Å².